The molecule has 0 aliphatic carbocycles. The molecule has 0 aromatic carbocycles. The van der Waals surface area contributed by atoms with Gasteiger partial charge in [0.25, 0.3) is 0 Å². The molecule has 0 aliphatic rings. The molecule has 422 valence electrons. The van der Waals surface area contributed by atoms with Crippen LogP contribution in [-0.2, 0) is 28.6 Å². The van der Waals surface area contributed by atoms with E-state index in [1.54, 1.807) is 0 Å². The number of esters is 3. The van der Waals surface area contributed by atoms with E-state index in [0.29, 0.717) is 12.8 Å². The molecule has 0 aliphatic heterocycles. The molecule has 6 nitrogen and oxygen atoms in total. The molecule has 0 saturated heterocycles. The van der Waals surface area contributed by atoms with Crippen LogP contribution in [0.1, 0.15) is 252 Å². The molecule has 0 aromatic rings. The molecule has 0 radical (unpaired) electrons. The van der Waals surface area contributed by atoms with E-state index in [-0.39, 0.29) is 37.5 Å². The van der Waals surface area contributed by atoms with E-state index in [2.05, 4.69) is 167 Å². The Hall–Kier alpha value is -4.71. The Morgan fingerprint density at radius 3 is 0.827 bits per heavy atom. The van der Waals surface area contributed by atoms with Gasteiger partial charge in [-0.2, -0.15) is 0 Å². The van der Waals surface area contributed by atoms with Gasteiger partial charge in [-0.15, -0.1) is 0 Å². The minimum Gasteiger partial charge on any atom is -0.462 e. The van der Waals surface area contributed by atoms with Crippen molar-refractivity contribution in [1.29, 1.82) is 0 Å². The summed E-state index contributed by atoms with van der Waals surface area (Å²) in [5, 5.41) is 0. The van der Waals surface area contributed by atoms with Gasteiger partial charge in [0.15, 0.2) is 6.10 Å². The molecule has 0 aromatic heterocycles. The normalized spacial score (nSPS) is 13.2. The highest BCUT2D eigenvalue weighted by Crippen LogP contribution is 2.14. The van der Waals surface area contributed by atoms with Gasteiger partial charge in [0.2, 0.25) is 0 Å². The number of rotatable bonds is 53. The monoisotopic (exact) mass is 1030 g/mol. The van der Waals surface area contributed by atoms with Crippen LogP contribution in [0.3, 0.4) is 0 Å². The molecule has 6 heteroatoms. The van der Waals surface area contributed by atoms with Crippen molar-refractivity contribution in [3.8, 4) is 0 Å². The maximum atomic E-state index is 12.8. The SMILES string of the molecule is CC/C=C\C/C=C\C/C=C\C/C=C\C/C=C\C/C=C\C/C=C\CCCCCCCCCCCC(=O)OCC(COC(=O)CCCCCCCCC)OC(=O)CCCCC/C=C\C/C=C\C/C=C\C/C=C\C/C=C\CC. The van der Waals surface area contributed by atoms with Crippen molar-refractivity contribution >= 4 is 17.9 Å². The van der Waals surface area contributed by atoms with Gasteiger partial charge in [-0.05, 0) is 122 Å². The smallest absolute Gasteiger partial charge is 0.306 e. The molecular weight excluding hydrogens is 925 g/mol. The van der Waals surface area contributed by atoms with Crippen molar-refractivity contribution in [2.24, 2.45) is 0 Å². The van der Waals surface area contributed by atoms with Crippen LogP contribution in [0.5, 0.6) is 0 Å². The Morgan fingerprint density at radius 2 is 0.520 bits per heavy atom. The topological polar surface area (TPSA) is 78.9 Å². The lowest BCUT2D eigenvalue weighted by atomic mass is 10.1. The summed E-state index contributed by atoms with van der Waals surface area (Å²) >= 11 is 0. The van der Waals surface area contributed by atoms with Gasteiger partial charge < -0.3 is 14.2 Å². The van der Waals surface area contributed by atoms with Crippen LogP contribution in [0.4, 0.5) is 0 Å². The molecule has 0 rings (SSSR count). The van der Waals surface area contributed by atoms with Crippen LogP contribution >= 0.6 is 0 Å². The molecular formula is C69H110O6. The van der Waals surface area contributed by atoms with E-state index in [0.717, 1.165) is 148 Å². The van der Waals surface area contributed by atoms with Crippen molar-refractivity contribution < 1.29 is 28.6 Å². The quantitative estimate of drug-likeness (QED) is 0.0261. The number of carbonyl (C=O) groups excluding carboxylic acids is 3. The minimum absolute atomic E-state index is 0.0970. The second-order valence-electron chi connectivity index (χ2n) is 19.5. The third-order valence-electron chi connectivity index (χ3n) is 12.3. The average molecular weight is 1040 g/mol. The lowest BCUT2D eigenvalue weighted by Gasteiger charge is -2.18. The Kier molecular flexibility index (Phi) is 58.0. The summed E-state index contributed by atoms with van der Waals surface area (Å²) in [6.07, 6.45) is 88.7. The molecule has 0 fully saturated rings. The first kappa shape index (κ1) is 70.3. The van der Waals surface area contributed by atoms with E-state index in [4.69, 9.17) is 14.2 Å². The first-order valence-corrected chi connectivity index (χ1v) is 30.3. The highest BCUT2D eigenvalue weighted by molar-refractivity contribution is 5.71. The predicted molar refractivity (Wildman–Crippen MR) is 325 cm³/mol. The Balaban J connectivity index is 4.22. The molecule has 75 heavy (non-hydrogen) atoms. The Labute approximate surface area is 461 Å². The van der Waals surface area contributed by atoms with E-state index >= 15 is 0 Å². The van der Waals surface area contributed by atoms with Crippen LogP contribution in [-0.4, -0.2) is 37.2 Å². The zero-order chi connectivity index (χ0) is 54.3. The fourth-order valence-corrected chi connectivity index (χ4v) is 7.86. The average Bonchev–Trinajstić information content (AvgIpc) is 3.41. The standard InChI is InChI=1S/C69H110O6/c1-4-7-10-13-16-18-20-22-24-26-28-29-30-31-32-33-34-35-36-37-38-39-41-42-44-46-48-50-53-56-59-62-68(71)74-65-66(64-73-67(70)61-58-55-52-15-12-9-6-3)75-69(72)63-60-57-54-51-49-47-45-43-40-27-25-23-21-19-17-14-11-8-5-2/h7-8,10-11,16-19,22-25,28-29,31-32,34-35,37-38,40,43,47,49,66H,4-6,9,12-15,20-21,26-27,30,33,36,39,41-42,44-46,48,50-65H2,1-3H3/b10-7-,11-8-,18-16-,19-17-,24-22-,25-23-,29-28-,32-31-,35-34-,38-37-,43-40-,49-47-. The zero-order valence-electron chi connectivity index (χ0n) is 48.3. The second kappa shape index (κ2) is 61.8. The van der Waals surface area contributed by atoms with E-state index < -0.39 is 6.10 Å². The molecule has 1 atom stereocenters. The molecule has 0 spiro atoms. The highest BCUT2D eigenvalue weighted by atomic mass is 16.6. The molecule has 0 bridgehead atoms. The van der Waals surface area contributed by atoms with Crippen molar-refractivity contribution in [3.05, 3.63) is 146 Å². The van der Waals surface area contributed by atoms with Crippen LogP contribution in [0.2, 0.25) is 0 Å². The largest absolute Gasteiger partial charge is 0.462 e. The molecule has 1 unspecified atom stereocenters. The first-order valence-electron chi connectivity index (χ1n) is 30.3. The number of carbonyl (C=O) groups is 3. The maximum Gasteiger partial charge on any atom is 0.306 e. The first-order chi connectivity index (χ1) is 37.0. The summed E-state index contributed by atoms with van der Waals surface area (Å²) in [5.74, 6) is -0.947. The fourth-order valence-electron chi connectivity index (χ4n) is 7.86. The van der Waals surface area contributed by atoms with Crippen molar-refractivity contribution in [1.82, 2.24) is 0 Å². The number of unbranched alkanes of at least 4 members (excludes halogenated alkanes) is 18. The van der Waals surface area contributed by atoms with Crippen LogP contribution in [0.15, 0.2) is 146 Å². The summed E-state index contributed by atoms with van der Waals surface area (Å²) in [6, 6.07) is 0. The van der Waals surface area contributed by atoms with Gasteiger partial charge >= 0.3 is 17.9 Å². The minimum atomic E-state index is -0.801. The van der Waals surface area contributed by atoms with Gasteiger partial charge in [-0.25, -0.2) is 0 Å². The van der Waals surface area contributed by atoms with E-state index in [1.807, 2.05) is 0 Å². The van der Waals surface area contributed by atoms with Gasteiger partial charge in [-0.1, -0.05) is 256 Å². The zero-order valence-corrected chi connectivity index (χ0v) is 48.3. The highest BCUT2D eigenvalue weighted by Gasteiger charge is 2.19. The number of allylic oxidation sites excluding steroid dienone is 24. The van der Waals surface area contributed by atoms with Gasteiger partial charge in [0, 0.05) is 19.3 Å². The molecule has 0 saturated carbocycles. The molecule has 0 N–H and O–H groups in total. The third-order valence-corrected chi connectivity index (χ3v) is 12.3. The fraction of sp³-hybridized carbons (Fsp3) is 0.609. The van der Waals surface area contributed by atoms with Crippen LogP contribution < -0.4 is 0 Å². The van der Waals surface area contributed by atoms with Crippen molar-refractivity contribution in [3.63, 3.8) is 0 Å². The summed E-state index contributed by atoms with van der Waals surface area (Å²) in [4.78, 5) is 38.0. The van der Waals surface area contributed by atoms with Gasteiger partial charge in [0.1, 0.15) is 13.2 Å². The lowest BCUT2D eigenvalue weighted by molar-refractivity contribution is -0.167. The third kappa shape index (κ3) is 60.0. The molecule has 0 amide bonds. The summed E-state index contributed by atoms with van der Waals surface area (Å²) in [7, 11) is 0. The maximum absolute atomic E-state index is 12.8. The summed E-state index contributed by atoms with van der Waals surface area (Å²) in [5.41, 5.74) is 0. The van der Waals surface area contributed by atoms with E-state index in [1.165, 1.54) is 64.2 Å². The van der Waals surface area contributed by atoms with Crippen LogP contribution in [0.25, 0.3) is 0 Å². The van der Waals surface area contributed by atoms with Crippen molar-refractivity contribution in [2.75, 3.05) is 13.2 Å². The summed E-state index contributed by atoms with van der Waals surface area (Å²) in [6.45, 7) is 6.33. The molecule has 0 heterocycles. The summed E-state index contributed by atoms with van der Waals surface area (Å²) < 4.78 is 16.8. The predicted octanol–water partition coefficient (Wildman–Crippen LogP) is 20.8. The van der Waals surface area contributed by atoms with Crippen LogP contribution in [0, 0.1) is 0 Å². The Bertz CT molecular complexity index is 1660. The Morgan fingerprint density at radius 1 is 0.280 bits per heavy atom. The van der Waals surface area contributed by atoms with Crippen molar-refractivity contribution in [2.45, 2.75) is 258 Å². The van der Waals surface area contributed by atoms with Gasteiger partial charge in [0.05, 0.1) is 0 Å². The second-order valence-corrected chi connectivity index (χ2v) is 19.5. The number of hydrogen-bond donors (Lipinski definition) is 0. The number of ether oxygens (including phenoxy) is 3. The van der Waals surface area contributed by atoms with E-state index in [9.17, 15) is 14.4 Å². The van der Waals surface area contributed by atoms with Gasteiger partial charge in [-0.3, -0.25) is 14.4 Å². The number of hydrogen-bond acceptors (Lipinski definition) is 6. The lowest BCUT2D eigenvalue weighted by Crippen LogP contribution is -2.30.